The molecule has 0 bridgehead atoms. The summed E-state index contributed by atoms with van der Waals surface area (Å²) in [5.74, 6) is 1.22. The Morgan fingerprint density at radius 1 is 0.893 bits per heavy atom. The Hall–Kier alpha value is -2.23. The van der Waals surface area contributed by atoms with Crippen LogP contribution in [-0.2, 0) is 0 Å². The number of ketones is 1. The van der Waals surface area contributed by atoms with Gasteiger partial charge in [-0.2, -0.15) is 0 Å². The van der Waals surface area contributed by atoms with Crippen LogP contribution in [0.25, 0.3) is 22.5 Å². The summed E-state index contributed by atoms with van der Waals surface area (Å²) in [6.07, 6.45) is 5.95. The maximum Gasteiger partial charge on any atom is 0.202 e. The van der Waals surface area contributed by atoms with E-state index in [0.717, 1.165) is 35.1 Å². The summed E-state index contributed by atoms with van der Waals surface area (Å²) in [5.41, 5.74) is 3.88. The van der Waals surface area contributed by atoms with Crippen LogP contribution in [0.15, 0.2) is 46.9 Å². The monoisotopic (exact) mass is 411 g/mol. The summed E-state index contributed by atoms with van der Waals surface area (Å²) < 4.78 is 6.26. The lowest BCUT2D eigenvalue weighted by molar-refractivity contribution is 0.104. The van der Waals surface area contributed by atoms with Gasteiger partial charge in [0.1, 0.15) is 5.76 Å². The van der Waals surface area contributed by atoms with Gasteiger partial charge in [0.2, 0.25) is 5.88 Å². The fourth-order valence-corrected chi connectivity index (χ4v) is 4.61. The van der Waals surface area contributed by atoms with Crippen molar-refractivity contribution >= 4 is 34.9 Å². The standard InChI is InChI=1S/C23H19Cl2NO2/c24-17-11-10-13(12-18(17)25)22-20-19(15-8-4-5-9-16(15)21(20)27)23(28-22)26-14-6-2-1-3-7-14/h4-5,8-12,14,26H,1-3,6-7H2. The number of anilines is 1. The van der Waals surface area contributed by atoms with Gasteiger partial charge in [0.25, 0.3) is 0 Å². The molecule has 0 unspecified atom stereocenters. The first-order valence-corrected chi connectivity index (χ1v) is 10.4. The SMILES string of the molecule is O=C1c2ccccc2-c2c(NC3CCCCC3)oc(-c3ccc(Cl)c(Cl)c3)c21. The molecule has 0 radical (unpaired) electrons. The molecule has 2 aliphatic carbocycles. The number of benzene rings is 2. The average Bonchev–Trinajstić information content (AvgIpc) is 3.22. The van der Waals surface area contributed by atoms with Gasteiger partial charge in [0, 0.05) is 17.2 Å². The van der Waals surface area contributed by atoms with Crippen molar-refractivity contribution in [2.45, 2.75) is 38.1 Å². The first-order chi connectivity index (χ1) is 13.6. The summed E-state index contributed by atoms with van der Waals surface area (Å²) in [5, 5.41) is 4.50. The molecule has 5 rings (SSSR count). The molecule has 0 amide bonds. The Morgan fingerprint density at radius 2 is 1.64 bits per heavy atom. The van der Waals surface area contributed by atoms with Crippen LogP contribution in [0, 0.1) is 0 Å². The molecule has 1 fully saturated rings. The highest BCUT2D eigenvalue weighted by molar-refractivity contribution is 6.42. The van der Waals surface area contributed by atoms with Crippen LogP contribution in [0.3, 0.4) is 0 Å². The molecule has 1 saturated carbocycles. The molecular weight excluding hydrogens is 393 g/mol. The van der Waals surface area contributed by atoms with E-state index in [1.807, 2.05) is 30.3 Å². The molecule has 2 aliphatic rings. The van der Waals surface area contributed by atoms with Gasteiger partial charge in [0.15, 0.2) is 5.78 Å². The summed E-state index contributed by atoms with van der Waals surface area (Å²) in [6, 6.07) is 13.4. The largest absolute Gasteiger partial charge is 0.439 e. The van der Waals surface area contributed by atoms with Gasteiger partial charge < -0.3 is 9.73 Å². The zero-order valence-corrected chi connectivity index (χ0v) is 16.7. The minimum Gasteiger partial charge on any atom is -0.439 e. The van der Waals surface area contributed by atoms with E-state index in [1.54, 1.807) is 12.1 Å². The number of nitrogens with one attached hydrogen (secondary N) is 1. The molecule has 3 aromatic rings. The van der Waals surface area contributed by atoms with E-state index in [2.05, 4.69) is 5.32 Å². The number of furan rings is 1. The third-order valence-corrected chi connectivity index (χ3v) is 6.44. The van der Waals surface area contributed by atoms with E-state index < -0.39 is 0 Å². The Morgan fingerprint density at radius 3 is 2.39 bits per heavy atom. The number of carbonyl (C=O) groups excluding carboxylic acids is 1. The number of carbonyl (C=O) groups is 1. The smallest absolute Gasteiger partial charge is 0.202 e. The molecule has 2 aromatic carbocycles. The highest BCUT2D eigenvalue weighted by atomic mass is 35.5. The van der Waals surface area contributed by atoms with Gasteiger partial charge in [0.05, 0.1) is 21.2 Å². The Labute approximate surface area is 173 Å². The number of rotatable bonds is 3. The quantitative estimate of drug-likeness (QED) is 0.387. The molecule has 1 aromatic heterocycles. The van der Waals surface area contributed by atoms with Crippen molar-refractivity contribution in [3.63, 3.8) is 0 Å². The summed E-state index contributed by atoms with van der Waals surface area (Å²) >= 11 is 12.3. The van der Waals surface area contributed by atoms with Crippen LogP contribution in [0.2, 0.25) is 10.0 Å². The van der Waals surface area contributed by atoms with E-state index in [0.29, 0.717) is 33.3 Å². The molecule has 1 heterocycles. The van der Waals surface area contributed by atoms with Crippen molar-refractivity contribution in [1.82, 2.24) is 0 Å². The van der Waals surface area contributed by atoms with Gasteiger partial charge in [-0.1, -0.05) is 66.7 Å². The second-order valence-corrected chi connectivity index (χ2v) is 8.31. The number of halogens is 2. The van der Waals surface area contributed by atoms with E-state index in [1.165, 1.54) is 19.3 Å². The summed E-state index contributed by atoms with van der Waals surface area (Å²) in [4.78, 5) is 13.2. The van der Waals surface area contributed by atoms with Crippen LogP contribution in [0.1, 0.15) is 48.0 Å². The second kappa shape index (κ2) is 6.98. The van der Waals surface area contributed by atoms with E-state index in [-0.39, 0.29) is 5.78 Å². The molecule has 0 spiro atoms. The maximum absolute atomic E-state index is 13.2. The minimum atomic E-state index is -0.00730. The fourth-order valence-electron chi connectivity index (χ4n) is 4.31. The van der Waals surface area contributed by atoms with Crippen LogP contribution < -0.4 is 5.32 Å². The lowest BCUT2D eigenvalue weighted by Crippen LogP contribution is -2.22. The second-order valence-electron chi connectivity index (χ2n) is 7.49. The molecule has 28 heavy (non-hydrogen) atoms. The Kier molecular flexibility index (Phi) is 4.45. The van der Waals surface area contributed by atoms with Crippen LogP contribution >= 0.6 is 23.2 Å². The maximum atomic E-state index is 13.2. The van der Waals surface area contributed by atoms with Crippen LogP contribution in [0.5, 0.6) is 0 Å². The highest BCUT2D eigenvalue weighted by Crippen LogP contribution is 2.49. The number of hydrogen-bond donors (Lipinski definition) is 1. The van der Waals surface area contributed by atoms with Crippen LogP contribution in [0.4, 0.5) is 5.88 Å². The molecule has 0 saturated heterocycles. The van der Waals surface area contributed by atoms with Gasteiger partial charge in [-0.05, 0) is 36.6 Å². The van der Waals surface area contributed by atoms with E-state index in [9.17, 15) is 4.79 Å². The summed E-state index contributed by atoms with van der Waals surface area (Å²) in [7, 11) is 0. The molecule has 3 nitrogen and oxygen atoms in total. The minimum absolute atomic E-state index is 0.00730. The average molecular weight is 412 g/mol. The normalized spacial score (nSPS) is 16.1. The first-order valence-electron chi connectivity index (χ1n) is 9.66. The fraction of sp³-hybridized carbons (Fsp3) is 0.261. The molecule has 1 N–H and O–H groups in total. The molecule has 0 aliphatic heterocycles. The lowest BCUT2D eigenvalue weighted by atomic mass is 9.95. The zero-order chi connectivity index (χ0) is 19.3. The van der Waals surface area contributed by atoms with Crippen molar-refractivity contribution < 1.29 is 9.21 Å². The van der Waals surface area contributed by atoms with Gasteiger partial charge in [-0.3, -0.25) is 4.79 Å². The highest BCUT2D eigenvalue weighted by Gasteiger charge is 2.36. The van der Waals surface area contributed by atoms with Crippen LogP contribution in [-0.4, -0.2) is 11.8 Å². The Balaban J connectivity index is 1.67. The van der Waals surface area contributed by atoms with Gasteiger partial charge in [-0.25, -0.2) is 0 Å². The van der Waals surface area contributed by atoms with Crippen molar-refractivity contribution in [3.8, 4) is 22.5 Å². The summed E-state index contributed by atoms with van der Waals surface area (Å²) in [6.45, 7) is 0. The predicted octanol–water partition coefficient (Wildman–Crippen LogP) is 7.21. The Bertz CT molecular complexity index is 1080. The van der Waals surface area contributed by atoms with Gasteiger partial charge >= 0.3 is 0 Å². The number of hydrogen-bond acceptors (Lipinski definition) is 3. The topological polar surface area (TPSA) is 42.2 Å². The van der Waals surface area contributed by atoms with Crippen molar-refractivity contribution in [2.75, 3.05) is 5.32 Å². The molecule has 142 valence electrons. The lowest BCUT2D eigenvalue weighted by Gasteiger charge is -2.23. The van der Waals surface area contributed by atoms with Crippen molar-refractivity contribution in [2.24, 2.45) is 0 Å². The van der Waals surface area contributed by atoms with Crippen molar-refractivity contribution in [3.05, 3.63) is 63.6 Å². The molecule has 5 heteroatoms. The predicted molar refractivity (Wildman–Crippen MR) is 114 cm³/mol. The first kappa shape index (κ1) is 17.8. The third kappa shape index (κ3) is 2.85. The van der Waals surface area contributed by atoms with E-state index in [4.69, 9.17) is 27.6 Å². The third-order valence-electron chi connectivity index (χ3n) is 5.70. The molecule has 0 atom stereocenters. The number of fused-ring (bicyclic) bond motifs is 3. The molecular formula is C23H19Cl2NO2. The van der Waals surface area contributed by atoms with Crippen molar-refractivity contribution in [1.29, 1.82) is 0 Å². The zero-order valence-electron chi connectivity index (χ0n) is 15.2. The van der Waals surface area contributed by atoms with E-state index >= 15 is 0 Å². The van der Waals surface area contributed by atoms with Gasteiger partial charge in [-0.15, -0.1) is 0 Å².